The van der Waals surface area contributed by atoms with Crippen LogP contribution in [0.5, 0.6) is 11.5 Å². The lowest BCUT2D eigenvalue weighted by Crippen LogP contribution is -2.60. The monoisotopic (exact) mass is 347 g/mol. The Balaban J connectivity index is 1.80. The predicted octanol–water partition coefficient (Wildman–Crippen LogP) is 1.62. The summed E-state index contributed by atoms with van der Waals surface area (Å²) in [7, 11) is 3.33. The number of methoxy groups -OCH3 is 2. The first kappa shape index (κ1) is 18.0. The van der Waals surface area contributed by atoms with Gasteiger partial charge in [-0.05, 0) is 42.5 Å². The molecule has 1 aromatic carbocycles. The summed E-state index contributed by atoms with van der Waals surface area (Å²) in [4.78, 5) is 14.4. The van der Waals surface area contributed by atoms with E-state index in [1.165, 1.54) is 11.1 Å². The minimum Gasteiger partial charge on any atom is -0.493 e. The molecule has 2 aliphatic heterocycles. The van der Waals surface area contributed by atoms with Crippen LogP contribution >= 0.6 is 0 Å². The number of rotatable bonds is 5. The number of nitrogens with two attached hydrogens (primary N) is 1. The molecule has 2 heterocycles. The van der Waals surface area contributed by atoms with Crippen molar-refractivity contribution in [2.45, 2.75) is 50.7 Å². The molecule has 0 spiro atoms. The molecule has 0 unspecified atom stereocenters. The van der Waals surface area contributed by atoms with E-state index in [0.717, 1.165) is 43.9 Å². The fourth-order valence-corrected chi connectivity index (χ4v) is 4.04. The van der Waals surface area contributed by atoms with Crippen LogP contribution in [-0.4, -0.2) is 50.2 Å². The lowest BCUT2D eigenvalue weighted by Gasteiger charge is -2.46. The molecular weight excluding hydrogens is 318 g/mol. The van der Waals surface area contributed by atoms with Gasteiger partial charge in [-0.15, -0.1) is 0 Å². The van der Waals surface area contributed by atoms with Gasteiger partial charge in [-0.25, -0.2) is 0 Å². The molecule has 25 heavy (non-hydrogen) atoms. The number of nitrogens with zero attached hydrogens (tertiary/aromatic N) is 1. The van der Waals surface area contributed by atoms with Crippen molar-refractivity contribution in [1.82, 2.24) is 10.2 Å². The van der Waals surface area contributed by atoms with Crippen LogP contribution in [0.4, 0.5) is 0 Å². The zero-order valence-corrected chi connectivity index (χ0v) is 15.4. The van der Waals surface area contributed by atoms with Crippen molar-refractivity contribution in [1.29, 1.82) is 0 Å². The third-order valence-corrected chi connectivity index (χ3v) is 5.38. The lowest BCUT2D eigenvalue weighted by molar-refractivity contribution is -0.122. The Morgan fingerprint density at radius 3 is 2.72 bits per heavy atom. The number of fused-ring (bicyclic) bond motifs is 3. The van der Waals surface area contributed by atoms with Gasteiger partial charge in [-0.3, -0.25) is 9.69 Å². The Labute approximate surface area is 149 Å². The topological polar surface area (TPSA) is 76.8 Å². The number of piperidine rings is 1. The fourth-order valence-electron chi connectivity index (χ4n) is 4.04. The largest absolute Gasteiger partial charge is 0.493 e. The average Bonchev–Trinajstić information content (AvgIpc) is 2.61. The van der Waals surface area contributed by atoms with Gasteiger partial charge in [0, 0.05) is 31.6 Å². The van der Waals surface area contributed by atoms with Gasteiger partial charge in [0.25, 0.3) is 0 Å². The molecule has 0 aliphatic carbocycles. The van der Waals surface area contributed by atoms with Crippen molar-refractivity contribution < 1.29 is 14.3 Å². The molecule has 3 rings (SSSR count). The maximum Gasteiger partial charge on any atom is 0.220 e. The molecule has 1 fully saturated rings. The van der Waals surface area contributed by atoms with Crippen molar-refractivity contribution in [2.75, 3.05) is 27.3 Å². The predicted molar refractivity (Wildman–Crippen MR) is 97.0 cm³/mol. The Hall–Kier alpha value is -1.79. The molecule has 6 nitrogen and oxygen atoms in total. The van der Waals surface area contributed by atoms with Crippen molar-refractivity contribution in [3.8, 4) is 11.5 Å². The van der Waals surface area contributed by atoms with E-state index in [0.29, 0.717) is 6.42 Å². The van der Waals surface area contributed by atoms with Gasteiger partial charge in [-0.1, -0.05) is 6.92 Å². The van der Waals surface area contributed by atoms with Gasteiger partial charge in [0.15, 0.2) is 11.5 Å². The lowest BCUT2D eigenvalue weighted by atomic mass is 9.83. The molecule has 1 aromatic rings. The summed E-state index contributed by atoms with van der Waals surface area (Å²) in [5.41, 5.74) is 9.00. The van der Waals surface area contributed by atoms with Crippen LogP contribution < -0.4 is 20.5 Å². The van der Waals surface area contributed by atoms with E-state index in [9.17, 15) is 4.79 Å². The van der Waals surface area contributed by atoms with Gasteiger partial charge in [0.1, 0.15) is 0 Å². The van der Waals surface area contributed by atoms with Crippen molar-refractivity contribution in [3.63, 3.8) is 0 Å². The van der Waals surface area contributed by atoms with Gasteiger partial charge < -0.3 is 20.5 Å². The Kier molecular flexibility index (Phi) is 5.49. The SMILES string of the molecule is CCCC(=O)N[C@H]1CN2CCc3cc(OC)c(OC)cc3[C@@H]2C[C@@H]1N. The molecule has 1 saturated heterocycles. The average molecular weight is 347 g/mol. The van der Waals surface area contributed by atoms with Crippen molar-refractivity contribution in [2.24, 2.45) is 5.73 Å². The second-order valence-corrected chi connectivity index (χ2v) is 6.99. The van der Waals surface area contributed by atoms with E-state index in [4.69, 9.17) is 15.2 Å². The summed E-state index contributed by atoms with van der Waals surface area (Å²) >= 11 is 0. The molecule has 0 saturated carbocycles. The van der Waals surface area contributed by atoms with Crippen molar-refractivity contribution in [3.05, 3.63) is 23.3 Å². The fraction of sp³-hybridized carbons (Fsp3) is 0.632. The maximum atomic E-state index is 12.0. The normalized spacial score (nSPS) is 25.7. The van der Waals surface area contributed by atoms with Crippen LogP contribution in [0.2, 0.25) is 0 Å². The summed E-state index contributed by atoms with van der Waals surface area (Å²) in [6, 6.07) is 4.44. The molecule has 6 heteroatoms. The van der Waals surface area contributed by atoms with Crippen LogP contribution in [0.1, 0.15) is 43.4 Å². The van der Waals surface area contributed by atoms with Crippen LogP contribution in [0, 0.1) is 0 Å². The van der Waals surface area contributed by atoms with E-state index >= 15 is 0 Å². The number of amides is 1. The number of hydrogen-bond acceptors (Lipinski definition) is 5. The third-order valence-electron chi connectivity index (χ3n) is 5.38. The molecule has 2 aliphatic rings. The number of carbonyl (C=O) groups excluding carboxylic acids is 1. The molecule has 138 valence electrons. The second kappa shape index (κ2) is 7.62. The first-order valence-electron chi connectivity index (χ1n) is 9.11. The van der Waals surface area contributed by atoms with Crippen molar-refractivity contribution >= 4 is 5.91 Å². The van der Waals surface area contributed by atoms with Crippen LogP contribution in [0.15, 0.2) is 12.1 Å². The van der Waals surface area contributed by atoms with Crippen LogP contribution in [0.25, 0.3) is 0 Å². The number of nitrogens with one attached hydrogen (secondary N) is 1. The highest BCUT2D eigenvalue weighted by Crippen LogP contribution is 2.41. The number of hydrogen-bond donors (Lipinski definition) is 2. The zero-order valence-electron chi connectivity index (χ0n) is 15.4. The van der Waals surface area contributed by atoms with Crippen LogP contribution in [-0.2, 0) is 11.2 Å². The molecule has 1 amide bonds. The maximum absolute atomic E-state index is 12.0. The van der Waals surface area contributed by atoms with E-state index < -0.39 is 0 Å². The second-order valence-electron chi connectivity index (χ2n) is 6.99. The highest BCUT2D eigenvalue weighted by Gasteiger charge is 2.38. The quantitative estimate of drug-likeness (QED) is 0.846. The minimum atomic E-state index is -0.0406. The standard InChI is InChI=1S/C19H29N3O3/c1-4-5-19(23)21-15-11-22-7-6-12-8-17(24-2)18(25-3)9-13(12)16(22)10-14(15)20/h8-9,14-16H,4-7,10-11,20H2,1-3H3,(H,21,23)/t14-,15-,16-/m0/s1. The van der Waals surface area contributed by atoms with E-state index in [1.807, 2.05) is 6.92 Å². The number of carbonyl (C=O) groups is 1. The first-order chi connectivity index (χ1) is 12.1. The van der Waals surface area contributed by atoms with Gasteiger partial charge in [0.05, 0.1) is 20.3 Å². The number of benzene rings is 1. The molecule has 0 aromatic heterocycles. The molecule has 3 atom stereocenters. The van der Waals surface area contributed by atoms with E-state index in [-0.39, 0.29) is 24.0 Å². The Bertz CT molecular complexity index is 635. The minimum absolute atomic E-state index is 0.0250. The molecule has 0 radical (unpaired) electrons. The Morgan fingerprint density at radius 2 is 2.04 bits per heavy atom. The van der Waals surface area contributed by atoms with E-state index in [1.54, 1.807) is 14.2 Å². The molecular formula is C19H29N3O3. The molecule has 0 bridgehead atoms. The third kappa shape index (κ3) is 3.60. The zero-order chi connectivity index (χ0) is 18.0. The van der Waals surface area contributed by atoms with Gasteiger partial charge in [-0.2, -0.15) is 0 Å². The summed E-state index contributed by atoms with van der Waals surface area (Å²) in [6.45, 7) is 3.79. The highest BCUT2D eigenvalue weighted by atomic mass is 16.5. The smallest absolute Gasteiger partial charge is 0.220 e. The van der Waals surface area contributed by atoms with E-state index in [2.05, 4.69) is 22.3 Å². The Morgan fingerprint density at radius 1 is 1.32 bits per heavy atom. The summed E-state index contributed by atoms with van der Waals surface area (Å²) in [6.07, 6.45) is 3.22. The highest BCUT2D eigenvalue weighted by molar-refractivity contribution is 5.76. The molecule has 3 N–H and O–H groups in total. The van der Waals surface area contributed by atoms with Gasteiger partial charge >= 0.3 is 0 Å². The van der Waals surface area contributed by atoms with Gasteiger partial charge in [0.2, 0.25) is 5.91 Å². The van der Waals surface area contributed by atoms with Crippen LogP contribution in [0.3, 0.4) is 0 Å². The number of ether oxygens (including phenoxy) is 2. The summed E-state index contributed by atoms with van der Waals surface area (Å²) < 4.78 is 10.9. The first-order valence-corrected chi connectivity index (χ1v) is 9.11. The summed E-state index contributed by atoms with van der Waals surface area (Å²) in [5, 5.41) is 3.12. The summed E-state index contributed by atoms with van der Waals surface area (Å²) in [5.74, 6) is 1.64.